The second kappa shape index (κ2) is 9.82. The third-order valence-corrected chi connectivity index (χ3v) is 3.61. The predicted molar refractivity (Wildman–Crippen MR) is 104 cm³/mol. The van der Waals surface area contributed by atoms with Crippen LogP contribution in [0.3, 0.4) is 0 Å². The zero-order chi connectivity index (χ0) is 19.8. The molecule has 2 amide bonds. The molecule has 0 aliphatic carbocycles. The highest BCUT2D eigenvalue weighted by molar-refractivity contribution is 5.98. The van der Waals surface area contributed by atoms with Crippen molar-refractivity contribution < 1.29 is 13.9 Å². The second-order valence-corrected chi connectivity index (χ2v) is 6.63. The average molecular weight is 375 g/mol. The topological polar surface area (TPSA) is 79.4 Å². The number of hydrogen-bond acceptors (Lipinski definition) is 5. The number of nitrogens with zero attached hydrogens (tertiary/aromatic N) is 3. The average Bonchev–Trinajstić information content (AvgIpc) is 2.62. The first-order chi connectivity index (χ1) is 12.9. The quantitative estimate of drug-likeness (QED) is 0.737. The fourth-order valence-electron chi connectivity index (χ4n) is 2.37. The molecule has 0 radical (unpaired) electrons. The number of hydrogen-bond donors (Lipinski definition) is 2. The highest BCUT2D eigenvalue weighted by Crippen LogP contribution is 2.24. The van der Waals surface area contributed by atoms with Crippen molar-refractivity contribution in [1.82, 2.24) is 15.3 Å². The molecule has 1 aromatic heterocycles. The Morgan fingerprint density at radius 3 is 2.56 bits per heavy atom. The molecule has 1 atom stereocenters. The van der Waals surface area contributed by atoms with Crippen molar-refractivity contribution in [3.63, 3.8) is 0 Å². The SMILES string of the molecule is COC[C@H](C)Nc1nccc(N(C(=O)NCC(C)C)c2ccc(F)cc2)n1. The summed E-state index contributed by atoms with van der Waals surface area (Å²) in [5.41, 5.74) is 0.507. The van der Waals surface area contributed by atoms with Gasteiger partial charge in [-0.1, -0.05) is 13.8 Å². The van der Waals surface area contributed by atoms with Gasteiger partial charge in [-0.15, -0.1) is 0 Å². The molecular weight excluding hydrogens is 349 g/mol. The smallest absolute Gasteiger partial charge is 0.327 e. The van der Waals surface area contributed by atoms with Crippen LogP contribution in [-0.4, -0.2) is 42.3 Å². The van der Waals surface area contributed by atoms with Crippen LogP contribution in [0.2, 0.25) is 0 Å². The minimum Gasteiger partial charge on any atom is -0.383 e. The normalized spacial score (nSPS) is 11.9. The second-order valence-electron chi connectivity index (χ2n) is 6.63. The third kappa shape index (κ3) is 6.18. The number of rotatable bonds is 8. The molecule has 8 heteroatoms. The summed E-state index contributed by atoms with van der Waals surface area (Å²) in [7, 11) is 1.62. The molecular formula is C19H26FN5O2. The molecule has 2 N–H and O–H groups in total. The molecule has 0 unspecified atom stereocenters. The molecule has 0 aliphatic rings. The Morgan fingerprint density at radius 2 is 1.93 bits per heavy atom. The van der Waals surface area contributed by atoms with Gasteiger partial charge in [-0.25, -0.2) is 19.1 Å². The Bertz CT molecular complexity index is 739. The summed E-state index contributed by atoms with van der Waals surface area (Å²) < 4.78 is 18.4. The van der Waals surface area contributed by atoms with Gasteiger partial charge in [-0.05, 0) is 37.1 Å². The van der Waals surface area contributed by atoms with Crippen LogP contribution in [0.4, 0.5) is 26.6 Å². The lowest BCUT2D eigenvalue weighted by Gasteiger charge is -2.23. The zero-order valence-electron chi connectivity index (χ0n) is 16.1. The molecule has 1 heterocycles. The van der Waals surface area contributed by atoms with Crippen molar-refractivity contribution >= 4 is 23.5 Å². The van der Waals surface area contributed by atoms with Gasteiger partial charge in [-0.3, -0.25) is 0 Å². The van der Waals surface area contributed by atoms with Gasteiger partial charge < -0.3 is 15.4 Å². The Balaban J connectivity index is 2.32. The van der Waals surface area contributed by atoms with Crippen molar-refractivity contribution in [2.45, 2.75) is 26.8 Å². The monoisotopic (exact) mass is 375 g/mol. The summed E-state index contributed by atoms with van der Waals surface area (Å²) in [5.74, 6) is 0.673. The number of carbonyl (C=O) groups excluding carboxylic acids is 1. The van der Waals surface area contributed by atoms with E-state index in [4.69, 9.17) is 4.74 Å². The van der Waals surface area contributed by atoms with E-state index < -0.39 is 0 Å². The minimum atomic E-state index is -0.375. The van der Waals surface area contributed by atoms with E-state index in [2.05, 4.69) is 20.6 Å². The maximum Gasteiger partial charge on any atom is 0.327 e. The van der Waals surface area contributed by atoms with Gasteiger partial charge in [0.2, 0.25) is 5.95 Å². The van der Waals surface area contributed by atoms with Gasteiger partial charge in [0.15, 0.2) is 0 Å². The highest BCUT2D eigenvalue weighted by atomic mass is 19.1. The maximum atomic E-state index is 13.3. The Morgan fingerprint density at radius 1 is 1.22 bits per heavy atom. The number of anilines is 3. The third-order valence-electron chi connectivity index (χ3n) is 3.61. The molecule has 0 bridgehead atoms. The molecule has 0 aliphatic heterocycles. The van der Waals surface area contributed by atoms with E-state index in [-0.39, 0.29) is 17.9 Å². The highest BCUT2D eigenvalue weighted by Gasteiger charge is 2.20. The number of urea groups is 1. The molecule has 2 rings (SSSR count). The molecule has 0 fully saturated rings. The van der Waals surface area contributed by atoms with Gasteiger partial charge in [0.05, 0.1) is 12.3 Å². The van der Waals surface area contributed by atoms with Crippen molar-refractivity contribution in [3.8, 4) is 0 Å². The van der Waals surface area contributed by atoms with Gasteiger partial charge in [0.1, 0.15) is 11.6 Å². The summed E-state index contributed by atoms with van der Waals surface area (Å²) in [6, 6.07) is 6.96. The molecule has 7 nitrogen and oxygen atoms in total. The summed E-state index contributed by atoms with van der Waals surface area (Å²) >= 11 is 0. The van der Waals surface area contributed by atoms with Crippen LogP contribution < -0.4 is 15.5 Å². The number of nitrogens with one attached hydrogen (secondary N) is 2. The van der Waals surface area contributed by atoms with Crippen LogP contribution in [0.1, 0.15) is 20.8 Å². The van der Waals surface area contributed by atoms with E-state index in [9.17, 15) is 9.18 Å². The van der Waals surface area contributed by atoms with Crippen molar-refractivity contribution in [2.75, 3.05) is 30.5 Å². The van der Waals surface area contributed by atoms with E-state index in [1.807, 2.05) is 20.8 Å². The van der Waals surface area contributed by atoms with Crippen molar-refractivity contribution in [1.29, 1.82) is 0 Å². The van der Waals surface area contributed by atoms with Crippen LogP contribution in [0.5, 0.6) is 0 Å². The first-order valence-electron chi connectivity index (χ1n) is 8.82. The summed E-state index contributed by atoms with van der Waals surface area (Å²) in [4.78, 5) is 22.8. The van der Waals surface area contributed by atoms with Gasteiger partial charge in [0, 0.05) is 32.0 Å². The first-order valence-corrected chi connectivity index (χ1v) is 8.82. The van der Waals surface area contributed by atoms with E-state index in [0.29, 0.717) is 36.5 Å². The standard InChI is InChI=1S/C19H26FN5O2/c1-13(2)11-22-19(26)25(16-7-5-15(20)6-8-16)17-9-10-21-18(24-17)23-14(3)12-27-4/h5-10,13-14H,11-12H2,1-4H3,(H,22,26)(H,21,23,24)/t14-/m0/s1. The van der Waals surface area contributed by atoms with E-state index in [0.717, 1.165) is 0 Å². The number of ether oxygens (including phenoxy) is 1. The lowest BCUT2D eigenvalue weighted by Crippen LogP contribution is -2.39. The van der Waals surface area contributed by atoms with E-state index in [1.165, 1.54) is 29.2 Å². The van der Waals surface area contributed by atoms with E-state index >= 15 is 0 Å². The van der Waals surface area contributed by atoms with Gasteiger partial charge in [-0.2, -0.15) is 4.98 Å². The lowest BCUT2D eigenvalue weighted by molar-refractivity contribution is 0.190. The summed E-state index contributed by atoms with van der Waals surface area (Å²) in [6.07, 6.45) is 1.57. The number of methoxy groups -OCH3 is 1. The minimum absolute atomic E-state index is 0.000659. The van der Waals surface area contributed by atoms with Crippen molar-refractivity contribution in [2.24, 2.45) is 5.92 Å². The maximum absolute atomic E-state index is 13.3. The molecule has 0 saturated carbocycles. The molecule has 146 valence electrons. The fraction of sp³-hybridized carbons (Fsp3) is 0.421. The van der Waals surface area contributed by atoms with Crippen LogP contribution in [-0.2, 0) is 4.74 Å². The number of carbonyl (C=O) groups is 1. The fourth-order valence-corrected chi connectivity index (χ4v) is 2.37. The van der Waals surface area contributed by atoms with Crippen LogP contribution in [0.15, 0.2) is 36.5 Å². The molecule has 27 heavy (non-hydrogen) atoms. The number of aromatic nitrogens is 2. The number of halogens is 1. The lowest BCUT2D eigenvalue weighted by atomic mass is 10.2. The zero-order valence-corrected chi connectivity index (χ0v) is 16.1. The predicted octanol–water partition coefficient (Wildman–Crippen LogP) is 3.57. The van der Waals surface area contributed by atoms with Crippen molar-refractivity contribution in [3.05, 3.63) is 42.3 Å². The van der Waals surface area contributed by atoms with E-state index in [1.54, 1.807) is 19.4 Å². The molecule has 2 aromatic rings. The Labute approximate surface area is 159 Å². The number of benzene rings is 1. The molecule has 0 spiro atoms. The van der Waals surface area contributed by atoms with Gasteiger partial charge >= 0.3 is 6.03 Å². The first kappa shape index (κ1) is 20.6. The molecule has 1 aromatic carbocycles. The largest absolute Gasteiger partial charge is 0.383 e. The summed E-state index contributed by atoms with van der Waals surface area (Å²) in [5, 5.41) is 5.99. The van der Waals surface area contributed by atoms with Gasteiger partial charge in [0.25, 0.3) is 0 Å². The van der Waals surface area contributed by atoms with Crippen LogP contribution in [0.25, 0.3) is 0 Å². The Hall–Kier alpha value is -2.74. The molecule has 0 saturated heterocycles. The number of amides is 2. The Kier molecular flexibility index (Phi) is 7.48. The summed E-state index contributed by atoms with van der Waals surface area (Å²) in [6.45, 7) is 6.95. The van der Waals surface area contributed by atoms with Crippen LogP contribution in [0, 0.1) is 11.7 Å². The van der Waals surface area contributed by atoms with Crippen LogP contribution >= 0.6 is 0 Å².